The summed E-state index contributed by atoms with van der Waals surface area (Å²) in [6.07, 6.45) is 6.81. The molecule has 272 valence electrons. The van der Waals surface area contributed by atoms with Gasteiger partial charge in [-0.15, -0.1) is 0 Å². The Hall–Kier alpha value is -5.08. The molecule has 7 nitrogen and oxygen atoms in total. The standard InChI is InChI=1S/C45H51NO6/c1-35-8-16-39(17-9-35)46(41-20-26-44(27-21-41)52-33-7-4-30-49)40-18-10-36(11-19-40)34-45(37-12-22-42(23-13-37)50-31-5-2-28-47)38-14-24-43(25-15-38)51-32-6-3-29-48/h8-27,34,47-49H,2-7,28-33H2,1H3. The molecule has 0 unspecified atom stereocenters. The van der Waals surface area contributed by atoms with Crippen molar-refractivity contribution < 1.29 is 29.5 Å². The number of benzene rings is 5. The first-order valence-corrected chi connectivity index (χ1v) is 18.3. The molecule has 3 N–H and O–H groups in total. The monoisotopic (exact) mass is 701 g/mol. The van der Waals surface area contributed by atoms with Crippen LogP contribution in [0, 0.1) is 6.92 Å². The normalized spacial score (nSPS) is 10.8. The molecule has 5 aromatic rings. The van der Waals surface area contributed by atoms with Crippen LogP contribution in [0.3, 0.4) is 0 Å². The molecular weight excluding hydrogens is 650 g/mol. The zero-order valence-corrected chi connectivity index (χ0v) is 30.1. The average Bonchev–Trinajstić information content (AvgIpc) is 3.18. The number of hydrogen-bond donors (Lipinski definition) is 3. The van der Waals surface area contributed by atoms with Crippen LogP contribution in [0.4, 0.5) is 17.1 Å². The van der Waals surface area contributed by atoms with Gasteiger partial charge in [0.05, 0.1) is 19.8 Å². The van der Waals surface area contributed by atoms with Crippen LogP contribution in [0.25, 0.3) is 11.6 Å². The van der Waals surface area contributed by atoms with Gasteiger partial charge in [0.15, 0.2) is 0 Å². The van der Waals surface area contributed by atoms with Crippen LogP contribution in [0.15, 0.2) is 121 Å². The van der Waals surface area contributed by atoms with Crippen molar-refractivity contribution >= 4 is 28.7 Å². The fraction of sp³-hybridized carbons (Fsp3) is 0.289. The third kappa shape index (κ3) is 11.5. The SMILES string of the molecule is Cc1ccc(N(c2ccc(C=C(c3ccc(OCCCCO)cc3)c3ccc(OCCCCO)cc3)cc2)c2ccc(OCCCCO)cc2)cc1. The number of unbranched alkanes of at least 4 members (excludes halogenated alkanes) is 3. The highest BCUT2D eigenvalue weighted by Crippen LogP contribution is 2.36. The lowest BCUT2D eigenvalue weighted by molar-refractivity contribution is 0.253. The number of aliphatic hydroxyl groups excluding tert-OH is 3. The van der Waals surface area contributed by atoms with E-state index in [4.69, 9.17) is 29.5 Å². The summed E-state index contributed by atoms with van der Waals surface area (Å²) in [5.41, 5.74) is 8.55. The van der Waals surface area contributed by atoms with E-state index in [1.165, 1.54) is 5.56 Å². The van der Waals surface area contributed by atoms with Crippen molar-refractivity contribution in [2.24, 2.45) is 0 Å². The molecule has 0 amide bonds. The van der Waals surface area contributed by atoms with Crippen molar-refractivity contribution in [3.63, 3.8) is 0 Å². The van der Waals surface area contributed by atoms with Gasteiger partial charge < -0.3 is 34.4 Å². The van der Waals surface area contributed by atoms with Gasteiger partial charge in [0, 0.05) is 36.9 Å². The highest BCUT2D eigenvalue weighted by atomic mass is 16.5. The molecule has 0 bridgehead atoms. The fourth-order valence-corrected chi connectivity index (χ4v) is 5.73. The third-order valence-electron chi connectivity index (χ3n) is 8.64. The Balaban J connectivity index is 1.42. The molecule has 0 aliphatic rings. The molecule has 5 rings (SSSR count). The summed E-state index contributed by atoms with van der Waals surface area (Å²) in [4.78, 5) is 2.24. The van der Waals surface area contributed by atoms with Crippen LogP contribution in [0.1, 0.15) is 60.8 Å². The first kappa shape index (κ1) is 38.2. The molecule has 0 aromatic heterocycles. The second-order valence-electron chi connectivity index (χ2n) is 12.7. The fourth-order valence-electron chi connectivity index (χ4n) is 5.73. The van der Waals surface area contributed by atoms with Crippen molar-refractivity contribution in [2.45, 2.75) is 45.4 Å². The largest absolute Gasteiger partial charge is 0.494 e. The summed E-state index contributed by atoms with van der Waals surface area (Å²) in [5.74, 6) is 2.41. The minimum Gasteiger partial charge on any atom is -0.494 e. The van der Waals surface area contributed by atoms with Crippen molar-refractivity contribution in [3.05, 3.63) is 144 Å². The third-order valence-corrected chi connectivity index (χ3v) is 8.64. The predicted octanol–water partition coefficient (Wildman–Crippen LogP) is 9.51. The van der Waals surface area contributed by atoms with Crippen LogP contribution in [-0.4, -0.2) is 55.0 Å². The zero-order valence-electron chi connectivity index (χ0n) is 30.1. The van der Waals surface area contributed by atoms with E-state index in [2.05, 4.69) is 103 Å². The number of anilines is 3. The highest BCUT2D eigenvalue weighted by molar-refractivity contribution is 5.92. The predicted molar refractivity (Wildman–Crippen MR) is 211 cm³/mol. The van der Waals surface area contributed by atoms with E-state index in [-0.39, 0.29) is 19.8 Å². The molecule has 52 heavy (non-hydrogen) atoms. The summed E-state index contributed by atoms with van der Waals surface area (Å²) in [6.45, 7) is 4.32. The molecule has 0 fully saturated rings. The molecule has 0 aliphatic carbocycles. The molecule has 5 aromatic carbocycles. The molecule has 0 spiro atoms. The molecular formula is C45H51NO6. The van der Waals surface area contributed by atoms with Gasteiger partial charge in [0.1, 0.15) is 17.2 Å². The molecule has 0 aliphatic heterocycles. The van der Waals surface area contributed by atoms with Gasteiger partial charge >= 0.3 is 0 Å². The van der Waals surface area contributed by atoms with Gasteiger partial charge in [-0.25, -0.2) is 0 Å². The van der Waals surface area contributed by atoms with E-state index < -0.39 is 0 Å². The Morgan fingerprint density at radius 3 is 1.19 bits per heavy atom. The van der Waals surface area contributed by atoms with Gasteiger partial charge in [-0.1, -0.05) is 54.1 Å². The van der Waals surface area contributed by atoms with E-state index in [0.29, 0.717) is 19.8 Å². The summed E-state index contributed by atoms with van der Waals surface area (Å²) < 4.78 is 17.7. The van der Waals surface area contributed by atoms with E-state index in [9.17, 15) is 0 Å². The van der Waals surface area contributed by atoms with Crippen molar-refractivity contribution in [1.29, 1.82) is 0 Å². The van der Waals surface area contributed by atoms with Crippen LogP contribution in [-0.2, 0) is 0 Å². The highest BCUT2D eigenvalue weighted by Gasteiger charge is 2.14. The smallest absolute Gasteiger partial charge is 0.119 e. The van der Waals surface area contributed by atoms with Crippen LogP contribution >= 0.6 is 0 Å². The lowest BCUT2D eigenvalue weighted by Crippen LogP contribution is -2.10. The average molecular weight is 702 g/mol. The first-order chi connectivity index (χ1) is 25.6. The molecule has 0 atom stereocenters. The lowest BCUT2D eigenvalue weighted by atomic mass is 9.95. The van der Waals surface area contributed by atoms with Crippen molar-refractivity contribution in [2.75, 3.05) is 44.5 Å². The minimum atomic E-state index is 0.170. The number of ether oxygens (including phenoxy) is 3. The summed E-state index contributed by atoms with van der Waals surface area (Å²) in [7, 11) is 0. The zero-order chi connectivity index (χ0) is 36.4. The number of nitrogens with zero attached hydrogens (tertiary/aromatic N) is 1. The van der Waals surface area contributed by atoms with Gasteiger partial charge in [-0.3, -0.25) is 0 Å². The Kier molecular flexibility index (Phi) is 15.2. The molecule has 0 heterocycles. The Morgan fingerprint density at radius 2 is 0.808 bits per heavy atom. The quantitative estimate of drug-likeness (QED) is 0.0519. The number of rotatable bonds is 21. The second kappa shape index (κ2) is 20.7. The van der Waals surface area contributed by atoms with E-state index in [1.54, 1.807) is 0 Å². The first-order valence-electron chi connectivity index (χ1n) is 18.3. The second-order valence-corrected chi connectivity index (χ2v) is 12.7. The molecule has 0 radical (unpaired) electrons. The molecule has 0 saturated heterocycles. The number of aliphatic hydroxyl groups is 3. The summed E-state index contributed by atoms with van der Waals surface area (Å²) >= 11 is 0. The number of aryl methyl sites for hydroxylation is 1. The number of hydrogen-bond acceptors (Lipinski definition) is 7. The lowest BCUT2D eigenvalue weighted by Gasteiger charge is -2.26. The van der Waals surface area contributed by atoms with Crippen molar-refractivity contribution in [1.82, 2.24) is 0 Å². The van der Waals surface area contributed by atoms with Crippen molar-refractivity contribution in [3.8, 4) is 17.2 Å². The Morgan fingerprint density at radius 1 is 0.462 bits per heavy atom. The maximum absolute atomic E-state index is 9.08. The summed E-state index contributed by atoms with van der Waals surface area (Å²) in [6, 6.07) is 41.6. The topological polar surface area (TPSA) is 91.6 Å². The van der Waals surface area contributed by atoms with E-state index >= 15 is 0 Å². The molecule has 0 saturated carbocycles. The Bertz CT molecular complexity index is 1710. The van der Waals surface area contributed by atoms with Crippen LogP contribution in [0.2, 0.25) is 0 Å². The maximum Gasteiger partial charge on any atom is 0.119 e. The van der Waals surface area contributed by atoms with E-state index in [1.807, 2.05) is 36.4 Å². The van der Waals surface area contributed by atoms with Gasteiger partial charge in [0.2, 0.25) is 0 Å². The van der Waals surface area contributed by atoms with Crippen LogP contribution in [0.5, 0.6) is 17.2 Å². The minimum absolute atomic E-state index is 0.170. The maximum atomic E-state index is 9.08. The Labute approximate surface area is 308 Å². The summed E-state index contributed by atoms with van der Waals surface area (Å²) in [5, 5.41) is 27.2. The van der Waals surface area contributed by atoms with Gasteiger partial charge in [0.25, 0.3) is 0 Å². The van der Waals surface area contributed by atoms with E-state index in [0.717, 1.165) is 95.1 Å². The van der Waals surface area contributed by atoms with Gasteiger partial charge in [-0.05, 0) is 147 Å². The van der Waals surface area contributed by atoms with Crippen LogP contribution < -0.4 is 19.1 Å². The molecule has 7 heteroatoms. The van der Waals surface area contributed by atoms with Gasteiger partial charge in [-0.2, -0.15) is 0 Å².